The van der Waals surface area contributed by atoms with Gasteiger partial charge in [-0.2, -0.15) is 5.26 Å². The first-order chi connectivity index (χ1) is 18.3. The van der Waals surface area contributed by atoms with Gasteiger partial charge in [-0.15, -0.1) is 10.2 Å². The maximum atomic E-state index is 12.6. The molecule has 1 heterocycles. The molecule has 1 aliphatic heterocycles. The summed E-state index contributed by atoms with van der Waals surface area (Å²) in [4.78, 5) is 40.2. The Morgan fingerprint density at radius 2 is 1.58 bits per heavy atom. The predicted molar refractivity (Wildman–Crippen MR) is 142 cm³/mol. The Kier molecular flexibility index (Phi) is 10.0. The van der Waals surface area contributed by atoms with Crippen molar-refractivity contribution in [1.29, 1.82) is 5.26 Å². The van der Waals surface area contributed by atoms with E-state index in [1.54, 1.807) is 19.1 Å². The predicted octanol–water partition coefficient (Wildman–Crippen LogP) is 4.43. The molecule has 0 spiro atoms. The van der Waals surface area contributed by atoms with Gasteiger partial charge in [0, 0.05) is 45.5 Å². The van der Waals surface area contributed by atoms with Crippen LogP contribution in [0.5, 0.6) is 0 Å². The summed E-state index contributed by atoms with van der Waals surface area (Å²) < 4.78 is 11.0. The number of carbonyl (C=O) groups is 3. The van der Waals surface area contributed by atoms with E-state index in [2.05, 4.69) is 20.4 Å². The molecule has 2 aromatic rings. The summed E-state index contributed by atoms with van der Waals surface area (Å²) >= 11 is 0. The number of amides is 3. The van der Waals surface area contributed by atoms with Gasteiger partial charge in [0.25, 0.3) is 11.8 Å². The van der Waals surface area contributed by atoms with Crippen LogP contribution >= 0.6 is 0 Å². The summed E-state index contributed by atoms with van der Waals surface area (Å²) in [6, 6.07) is 10.1. The standard InChI is InChI=1S/C27H32N6O5/c1-5-33-26(35)21-14-19(17-28)24(16-22(21)27(33)36)31-30-23-9-8-20(15-25(23)29-18(4)34)32(10-12-37-6-2)11-13-38-7-3/h8-9,14-16H,5-7,10-13H2,1-4H3,(H,29,34). The molecular formula is C27H32N6O5. The molecule has 3 amide bonds. The Bertz CT molecular complexity index is 1260. The number of hydrogen-bond acceptors (Lipinski definition) is 9. The maximum absolute atomic E-state index is 12.6. The summed E-state index contributed by atoms with van der Waals surface area (Å²) in [5.41, 5.74) is 2.25. The Morgan fingerprint density at radius 1 is 0.974 bits per heavy atom. The Labute approximate surface area is 222 Å². The van der Waals surface area contributed by atoms with E-state index in [9.17, 15) is 19.6 Å². The number of imide groups is 1. The van der Waals surface area contributed by atoms with Crippen molar-refractivity contribution >= 4 is 40.5 Å². The highest BCUT2D eigenvalue weighted by molar-refractivity contribution is 6.21. The third kappa shape index (κ3) is 6.59. The highest BCUT2D eigenvalue weighted by atomic mass is 16.5. The molecule has 2 aromatic carbocycles. The minimum absolute atomic E-state index is 0.113. The Morgan fingerprint density at radius 3 is 2.13 bits per heavy atom. The van der Waals surface area contributed by atoms with E-state index in [4.69, 9.17) is 9.47 Å². The third-order valence-corrected chi connectivity index (χ3v) is 5.86. The minimum Gasteiger partial charge on any atom is -0.380 e. The highest BCUT2D eigenvalue weighted by Crippen LogP contribution is 2.34. The van der Waals surface area contributed by atoms with E-state index < -0.39 is 11.8 Å². The lowest BCUT2D eigenvalue weighted by molar-refractivity contribution is -0.114. The van der Waals surface area contributed by atoms with Crippen molar-refractivity contribution < 1.29 is 23.9 Å². The smallest absolute Gasteiger partial charge is 0.261 e. The van der Waals surface area contributed by atoms with Crippen LogP contribution in [-0.4, -0.2) is 68.7 Å². The van der Waals surface area contributed by atoms with Gasteiger partial charge < -0.3 is 19.7 Å². The lowest BCUT2D eigenvalue weighted by Crippen LogP contribution is -2.31. The zero-order chi connectivity index (χ0) is 27.7. The summed E-state index contributed by atoms with van der Waals surface area (Å²) in [6.07, 6.45) is 0. The highest BCUT2D eigenvalue weighted by Gasteiger charge is 2.35. The van der Waals surface area contributed by atoms with Gasteiger partial charge in [-0.3, -0.25) is 19.3 Å². The van der Waals surface area contributed by atoms with Gasteiger partial charge in [-0.1, -0.05) is 0 Å². The van der Waals surface area contributed by atoms with Gasteiger partial charge in [0.15, 0.2) is 0 Å². The second-order valence-corrected chi connectivity index (χ2v) is 8.34. The third-order valence-electron chi connectivity index (χ3n) is 5.86. The quantitative estimate of drug-likeness (QED) is 0.234. The second-order valence-electron chi connectivity index (χ2n) is 8.34. The molecule has 1 N–H and O–H groups in total. The zero-order valence-electron chi connectivity index (χ0n) is 22.1. The summed E-state index contributed by atoms with van der Waals surface area (Å²) in [6.45, 7) is 10.7. The molecule has 200 valence electrons. The monoisotopic (exact) mass is 520 g/mol. The van der Waals surface area contributed by atoms with Crippen LogP contribution in [0.1, 0.15) is 54.0 Å². The number of nitriles is 1. The van der Waals surface area contributed by atoms with Gasteiger partial charge in [0.1, 0.15) is 17.4 Å². The topological polar surface area (TPSA) is 137 Å². The van der Waals surface area contributed by atoms with Crippen molar-refractivity contribution in [2.75, 3.05) is 56.3 Å². The number of benzene rings is 2. The fourth-order valence-electron chi connectivity index (χ4n) is 4.00. The summed E-state index contributed by atoms with van der Waals surface area (Å²) in [7, 11) is 0. The van der Waals surface area contributed by atoms with Crippen LogP contribution in [0.3, 0.4) is 0 Å². The largest absolute Gasteiger partial charge is 0.380 e. The van der Waals surface area contributed by atoms with E-state index in [0.29, 0.717) is 50.9 Å². The lowest BCUT2D eigenvalue weighted by Gasteiger charge is -2.25. The van der Waals surface area contributed by atoms with Gasteiger partial charge >= 0.3 is 0 Å². The van der Waals surface area contributed by atoms with Crippen LogP contribution < -0.4 is 10.2 Å². The van der Waals surface area contributed by atoms with Gasteiger partial charge in [0.05, 0.1) is 35.6 Å². The fourth-order valence-corrected chi connectivity index (χ4v) is 4.00. The molecule has 0 bridgehead atoms. The molecule has 0 unspecified atom stereocenters. The summed E-state index contributed by atoms with van der Waals surface area (Å²) in [5.74, 6) is -1.15. The van der Waals surface area contributed by atoms with E-state index >= 15 is 0 Å². The van der Waals surface area contributed by atoms with Crippen LogP contribution in [0.15, 0.2) is 40.6 Å². The average molecular weight is 521 g/mol. The van der Waals surface area contributed by atoms with Crippen molar-refractivity contribution in [2.24, 2.45) is 10.2 Å². The normalized spacial score (nSPS) is 12.7. The van der Waals surface area contributed by atoms with Crippen molar-refractivity contribution in [1.82, 2.24) is 4.90 Å². The average Bonchev–Trinajstić information content (AvgIpc) is 3.14. The first kappa shape index (κ1) is 28.4. The molecule has 11 heteroatoms. The number of fused-ring (bicyclic) bond motifs is 1. The number of azo groups is 1. The minimum atomic E-state index is -0.436. The van der Waals surface area contributed by atoms with Crippen molar-refractivity contribution in [3.63, 3.8) is 0 Å². The van der Waals surface area contributed by atoms with E-state index in [0.717, 1.165) is 10.6 Å². The van der Waals surface area contributed by atoms with Crippen LogP contribution in [0.4, 0.5) is 22.7 Å². The number of carbonyl (C=O) groups excluding carboxylic acids is 3. The van der Waals surface area contributed by atoms with E-state index in [1.807, 2.05) is 26.0 Å². The van der Waals surface area contributed by atoms with Gasteiger partial charge in [0.2, 0.25) is 5.91 Å². The van der Waals surface area contributed by atoms with Crippen molar-refractivity contribution in [3.8, 4) is 6.07 Å². The molecule has 0 atom stereocenters. The van der Waals surface area contributed by atoms with Crippen LogP contribution in [0.2, 0.25) is 0 Å². The molecule has 0 saturated carbocycles. The number of anilines is 2. The first-order valence-electron chi connectivity index (χ1n) is 12.5. The van der Waals surface area contributed by atoms with Crippen LogP contribution in [0.25, 0.3) is 0 Å². The molecule has 3 rings (SSSR count). The summed E-state index contributed by atoms with van der Waals surface area (Å²) in [5, 5.41) is 20.9. The number of ether oxygens (including phenoxy) is 2. The number of rotatable bonds is 13. The van der Waals surface area contributed by atoms with Crippen LogP contribution in [0, 0.1) is 11.3 Å². The molecular weight excluding hydrogens is 488 g/mol. The lowest BCUT2D eigenvalue weighted by atomic mass is 10.0. The fraction of sp³-hybridized carbons (Fsp3) is 0.407. The zero-order valence-corrected chi connectivity index (χ0v) is 22.1. The van der Waals surface area contributed by atoms with E-state index in [-0.39, 0.29) is 34.8 Å². The SMILES string of the molecule is CCOCCN(CCOCC)c1ccc(N=Nc2cc3c(cc2C#N)C(=O)N(CC)C3=O)c(NC(C)=O)c1. The number of nitrogens with one attached hydrogen (secondary N) is 1. The molecule has 0 aromatic heterocycles. The van der Waals surface area contributed by atoms with Crippen LogP contribution in [-0.2, 0) is 14.3 Å². The molecule has 0 fully saturated rings. The Hall–Kier alpha value is -4.14. The van der Waals surface area contributed by atoms with Crippen molar-refractivity contribution in [2.45, 2.75) is 27.7 Å². The number of hydrogen-bond donors (Lipinski definition) is 1. The Balaban J connectivity index is 1.95. The van der Waals surface area contributed by atoms with E-state index in [1.165, 1.54) is 19.1 Å². The van der Waals surface area contributed by atoms with Gasteiger partial charge in [-0.05, 0) is 51.1 Å². The molecule has 1 aliphatic rings. The van der Waals surface area contributed by atoms with Gasteiger partial charge in [-0.25, -0.2) is 0 Å². The molecule has 0 radical (unpaired) electrons. The first-order valence-corrected chi connectivity index (χ1v) is 12.5. The molecule has 0 aliphatic carbocycles. The second kappa shape index (κ2) is 13.4. The van der Waals surface area contributed by atoms with Crippen molar-refractivity contribution in [3.05, 3.63) is 47.0 Å². The molecule has 38 heavy (non-hydrogen) atoms. The molecule has 11 nitrogen and oxygen atoms in total. The maximum Gasteiger partial charge on any atom is 0.261 e. The number of nitrogens with zero attached hydrogens (tertiary/aromatic N) is 5. The molecule has 0 saturated heterocycles.